The van der Waals surface area contributed by atoms with Crippen LogP contribution < -0.4 is 0 Å². The molecule has 0 saturated carbocycles. The molecular weight excluding hydrogens is 216 g/mol. The molecule has 0 bridgehead atoms. The summed E-state index contributed by atoms with van der Waals surface area (Å²) in [7, 11) is 0. The number of aliphatic hydroxyl groups is 1. The Balaban J connectivity index is -0.000000107. The highest BCUT2D eigenvalue weighted by atomic mass is 79.9. The second-order valence-electron chi connectivity index (χ2n) is 2.78. The third kappa shape index (κ3) is 35.0. The minimum atomic E-state index is 0. The molecule has 3 heteroatoms. The van der Waals surface area contributed by atoms with Crippen LogP contribution in [0.3, 0.4) is 0 Å². The summed E-state index contributed by atoms with van der Waals surface area (Å²) in [6.45, 7) is 6.47. The third-order valence-corrected chi connectivity index (χ3v) is 1.47. The zero-order valence-electron chi connectivity index (χ0n) is 7.97. The standard InChI is InChI=1S/C4H10O.C4H9.BrH.Mg/c1-4(2)3-5;1-3-4-2;;/h4-5H,3H2,1-2H3;1,3-4H2,2H3;1H;/q;;;+2. The van der Waals surface area contributed by atoms with Crippen LogP contribution in [-0.2, 0) is 0 Å². The fraction of sp³-hybridized carbons (Fsp3) is 1.00. The number of rotatable bonds is 3. The van der Waals surface area contributed by atoms with Crippen molar-refractivity contribution in [3.8, 4) is 0 Å². The number of hydrogen-bond donors (Lipinski definition) is 1. The summed E-state index contributed by atoms with van der Waals surface area (Å²) in [5, 5.41) is 8.14. The summed E-state index contributed by atoms with van der Waals surface area (Å²) in [6.07, 6.45) is 2.75. The highest BCUT2D eigenvalue weighted by molar-refractivity contribution is 8.93. The first-order valence-electron chi connectivity index (χ1n) is 4.09. The second kappa shape index (κ2) is 17.3. The number of halogens is 1. The van der Waals surface area contributed by atoms with E-state index >= 15 is 0 Å². The monoisotopic (exact) mass is 235 g/mol. The average molecular weight is 236 g/mol. The van der Waals surface area contributed by atoms with Gasteiger partial charge in [-0.2, -0.15) is 0 Å². The van der Waals surface area contributed by atoms with Gasteiger partial charge in [0.25, 0.3) is 4.55 Å². The molecule has 0 fully saturated rings. The van der Waals surface area contributed by atoms with Gasteiger partial charge in [-0.3, -0.25) is 0 Å². The Morgan fingerprint density at radius 1 is 1.36 bits per heavy atom. The van der Waals surface area contributed by atoms with E-state index in [2.05, 4.69) is 6.92 Å². The van der Waals surface area contributed by atoms with Crippen molar-refractivity contribution in [2.75, 3.05) is 6.61 Å². The van der Waals surface area contributed by atoms with Gasteiger partial charge in [-0.1, -0.05) is 20.8 Å². The van der Waals surface area contributed by atoms with Gasteiger partial charge < -0.3 is 5.11 Å². The van der Waals surface area contributed by atoms with Gasteiger partial charge in [0.15, 0.2) is 0 Å². The van der Waals surface area contributed by atoms with E-state index in [1.807, 2.05) is 35.6 Å². The van der Waals surface area contributed by atoms with E-state index in [1.165, 1.54) is 17.4 Å². The SMILES string of the molecule is Br.CC(C)CO.CCC[CH2][Mg+2]. The molecule has 1 N–H and O–H groups in total. The molecule has 1 nitrogen and oxygen atoms in total. The van der Waals surface area contributed by atoms with Gasteiger partial charge in [-0.05, 0) is 12.3 Å². The highest BCUT2D eigenvalue weighted by Gasteiger charge is 2.19. The zero-order valence-corrected chi connectivity index (χ0v) is 11.1. The molecular formula is C8H20BrMgO+2. The second-order valence-corrected chi connectivity index (χ2v) is 3.49. The van der Waals surface area contributed by atoms with Gasteiger partial charge >= 0.3 is 21.7 Å². The maximum absolute atomic E-state index is 8.14. The van der Waals surface area contributed by atoms with E-state index in [0.717, 1.165) is 0 Å². The molecule has 0 aliphatic rings. The lowest BCUT2D eigenvalue weighted by Crippen LogP contribution is -1.90. The summed E-state index contributed by atoms with van der Waals surface area (Å²) in [5.41, 5.74) is 0. The minimum absolute atomic E-state index is 0. The normalized spacial score (nSPS) is 8.18. The van der Waals surface area contributed by atoms with Crippen LogP contribution in [0.15, 0.2) is 0 Å². The van der Waals surface area contributed by atoms with Crippen molar-refractivity contribution in [3.63, 3.8) is 0 Å². The van der Waals surface area contributed by atoms with Crippen molar-refractivity contribution in [1.82, 2.24) is 0 Å². The lowest BCUT2D eigenvalue weighted by atomic mass is 10.2. The molecule has 0 aliphatic heterocycles. The van der Waals surface area contributed by atoms with Crippen LogP contribution in [0.1, 0.15) is 33.6 Å². The molecule has 0 spiro atoms. The molecule has 0 aliphatic carbocycles. The Hall–Kier alpha value is 1.21. The van der Waals surface area contributed by atoms with E-state index in [9.17, 15) is 0 Å². The molecule has 0 aromatic carbocycles. The summed E-state index contributed by atoms with van der Waals surface area (Å²) in [4.78, 5) is 0. The first-order valence-corrected chi connectivity index (χ1v) is 5.09. The molecule has 0 amide bonds. The van der Waals surface area contributed by atoms with Crippen molar-refractivity contribution < 1.29 is 5.11 Å². The van der Waals surface area contributed by atoms with Gasteiger partial charge in [0.05, 0.1) is 0 Å². The maximum atomic E-state index is 8.14. The van der Waals surface area contributed by atoms with Crippen LogP contribution in [0.5, 0.6) is 0 Å². The quantitative estimate of drug-likeness (QED) is 0.747. The molecule has 0 aromatic heterocycles. The van der Waals surface area contributed by atoms with Gasteiger partial charge in [0.2, 0.25) is 0 Å². The van der Waals surface area contributed by atoms with Gasteiger partial charge in [0, 0.05) is 13.0 Å². The van der Waals surface area contributed by atoms with E-state index in [0.29, 0.717) is 12.5 Å². The van der Waals surface area contributed by atoms with Crippen molar-refractivity contribution >= 4 is 38.7 Å². The molecule has 0 saturated heterocycles. The fourth-order valence-electron chi connectivity index (χ4n) is 0.250. The first kappa shape index (κ1) is 18.1. The van der Waals surface area contributed by atoms with Crippen LogP contribution in [0, 0.1) is 5.92 Å². The molecule has 0 atom stereocenters. The summed E-state index contributed by atoms with van der Waals surface area (Å²) >= 11 is 2.05. The number of hydrogen-bond acceptors (Lipinski definition) is 1. The van der Waals surface area contributed by atoms with Gasteiger partial charge in [-0.15, -0.1) is 17.0 Å². The van der Waals surface area contributed by atoms with Gasteiger partial charge in [-0.25, -0.2) is 0 Å². The minimum Gasteiger partial charge on any atom is -0.396 e. The molecule has 0 aromatic rings. The van der Waals surface area contributed by atoms with Crippen molar-refractivity contribution in [3.05, 3.63) is 0 Å². The molecule has 7 radical (unpaired) electrons. The van der Waals surface area contributed by atoms with Gasteiger partial charge in [0.1, 0.15) is 0 Å². The fourth-order valence-corrected chi connectivity index (χ4v) is 0.750. The highest BCUT2D eigenvalue weighted by Crippen LogP contribution is 1.86. The van der Waals surface area contributed by atoms with Crippen LogP contribution in [0.2, 0.25) is 4.55 Å². The third-order valence-electron chi connectivity index (χ3n) is 0.969. The Labute approximate surface area is 94.2 Å². The zero-order chi connectivity index (χ0) is 8.41. The Kier molecular flexibility index (Phi) is 28.5. The lowest BCUT2D eigenvalue weighted by molar-refractivity contribution is 0.248. The number of aliphatic hydroxyl groups excluding tert-OH is 1. The molecule has 0 unspecified atom stereocenters. The van der Waals surface area contributed by atoms with Crippen molar-refractivity contribution in [2.24, 2.45) is 5.92 Å². The van der Waals surface area contributed by atoms with E-state index in [-0.39, 0.29) is 17.0 Å². The Bertz CT molecular complexity index is 49.4. The average Bonchev–Trinajstić information content (AvgIpc) is 1.91. The van der Waals surface area contributed by atoms with Crippen molar-refractivity contribution in [1.29, 1.82) is 0 Å². The van der Waals surface area contributed by atoms with E-state index in [1.54, 1.807) is 0 Å². The Morgan fingerprint density at radius 2 is 1.73 bits per heavy atom. The predicted molar refractivity (Wildman–Crippen MR) is 57.7 cm³/mol. The van der Waals surface area contributed by atoms with Crippen LogP contribution in [0.25, 0.3) is 0 Å². The van der Waals surface area contributed by atoms with Crippen LogP contribution in [-0.4, -0.2) is 33.4 Å². The van der Waals surface area contributed by atoms with Crippen LogP contribution in [0.4, 0.5) is 0 Å². The molecule has 0 heterocycles. The summed E-state index contributed by atoms with van der Waals surface area (Å²) < 4.78 is 1.37. The topological polar surface area (TPSA) is 20.2 Å². The van der Waals surface area contributed by atoms with E-state index < -0.39 is 0 Å². The predicted octanol–water partition coefficient (Wildman–Crippen LogP) is 2.59. The largest absolute Gasteiger partial charge is 1.41 e. The van der Waals surface area contributed by atoms with Crippen LogP contribution >= 0.6 is 17.0 Å². The smallest absolute Gasteiger partial charge is 0.396 e. The lowest BCUT2D eigenvalue weighted by Gasteiger charge is -1.90. The molecule has 65 valence electrons. The van der Waals surface area contributed by atoms with Crippen molar-refractivity contribution in [2.45, 2.75) is 38.2 Å². The van der Waals surface area contributed by atoms with E-state index in [4.69, 9.17) is 5.11 Å². The molecule has 11 heavy (non-hydrogen) atoms. The summed E-state index contributed by atoms with van der Waals surface area (Å²) in [6, 6.07) is 0. The number of unbranched alkanes of at least 4 members (excludes halogenated alkanes) is 1. The maximum Gasteiger partial charge on any atom is 1.41 e. The Morgan fingerprint density at radius 3 is 1.73 bits per heavy atom. The summed E-state index contributed by atoms with van der Waals surface area (Å²) in [5.74, 6) is 0.440. The molecule has 0 rings (SSSR count). The first-order chi connectivity index (χ1) is 4.68.